The van der Waals surface area contributed by atoms with Gasteiger partial charge in [-0.05, 0) is 56.7 Å². The molecule has 2 nitrogen and oxygen atoms in total. The topological polar surface area (TPSA) is 25.8 Å². The van der Waals surface area contributed by atoms with Crippen LogP contribution in [0.2, 0.25) is 0 Å². The molecule has 0 bridgehead atoms. The molecule has 0 saturated heterocycles. The molecule has 1 radical (unpaired) electrons. The van der Waals surface area contributed by atoms with Gasteiger partial charge in [0.2, 0.25) is 0 Å². The maximum atomic E-state index is 4.58. The molecule has 0 atom stereocenters. The summed E-state index contributed by atoms with van der Waals surface area (Å²) in [7, 11) is 0. The van der Waals surface area contributed by atoms with Crippen LogP contribution in [0.1, 0.15) is 11.1 Å². The standard InChI is InChI=1S/C17H8NS.C13H12N.Ir/c1-4-10-11-6-3-9-18-17(11)12-5-2-8-14-16(12)15(10)13(7-1)19-14;1-10-3-6-12(7-4-10)13-8-5-11(2)9-14-13;/h1-4,6-9H;3-6,8-9H,1-2H3;/q2*-1;. The smallest absolute Gasteiger partial charge is 0.0251 e. The Hall–Kier alpha value is -3.17. The number of benzene rings is 4. The van der Waals surface area contributed by atoms with E-state index in [1.54, 1.807) is 0 Å². The van der Waals surface area contributed by atoms with Gasteiger partial charge in [0.1, 0.15) is 0 Å². The van der Waals surface area contributed by atoms with Crippen LogP contribution < -0.4 is 0 Å². The summed E-state index contributed by atoms with van der Waals surface area (Å²) in [6, 6.07) is 31.7. The molecule has 0 aliphatic heterocycles. The number of aromatic nitrogens is 2. The van der Waals surface area contributed by atoms with Crippen LogP contribution in [0.25, 0.3) is 53.1 Å². The Morgan fingerprint density at radius 3 is 2.35 bits per heavy atom. The molecule has 0 unspecified atom stereocenters. The third-order valence-corrected chi connectivity index (χ3v) is 7.07. The van der Waals surface area contributed by atoms with Crippen molar-refractivity contribution in [2.45, 2.75) is 13.8 Å². The molecule has 0 aliphatic carbocycles. The molecule has 0 fully saturated rings. The molecule has 3 aromatic heterocycles. The zero-order valence-electron chi connectivity index (χ0n) is 18.7. The SMILES string of the molecule is Cc1c[c-]c(-c2ccc(C)cn2)cc1.[Ir].[c-]1ccc2sc3cccc4c5cccnc5c1c2c34. The zero-order chi connectivity index (χ0) is 22.4. The minimum atomic E-state index is 0. The first kappa shape index (κ1) is 22.6. The zero-order valence-corrected chi connectivity index (χ0v) is 21.9. The van der Waals surface area contributed by atoms with Crippen LogP contribution in [0.3, 0.4) is 0 Å². The summed E-state index contributed by atoms with van der Waals surface area (Å²) in [5.74, 6) is 0. The Kier molecular flexibility index (Phi) is 6.14. The van der Waals surface area contributed by atoms with Crippen molar-refractivity contribution in [2.24, 2.45) is 0 Å². The second kappa shape index (κ2) is 9.23. The van der Waals surface area contributed by atoms with E-state index in [2.05, 4.69) is 71.5 Å². The van der Waals surface area contributed by atoms with Crippen LogP contribution in [0.5, 0.6) is 0 Å². The maximum absolute atomic E-state index is 4.58. The van der Waals surface area contributed by atoms with Crippen LogP contribution in [0, 0.1) is 26.0 Å². The van der Waals surface area contributed by atoms with Crippen LogP contribution in [-0.4, -0.2) is 9.97 Å². The van der Waals surface area contributed by atoms with Gasteiger partial charge in [-0.25, -0.2) is 0 Å². The molecule has 4 heteroatoms. The fraction of sp³-hybridized carbons (Fsp3) is 0.0667. The van der Waals surface area contributed by atoms with Gasteiger partial charge < -0.3 is 9.97 Å². The van der Waals surface area contributed by atoms with Crippen molar-refractivity contribution in [3.63, 3.8) is 0 Å². The Labute approximate surface area is 216 Å². The van der Waals surface area contributed by atoms with Crippen molar-refractivity contribution in [3.05, 3.63) is 108 Å². The van der Waals surface area contributed by atoms with Crippen molar-refractivity contribution < 1.29 is 20.1 Å². The summed E-state index contributed by atoms with van der Waals surface area (Å²) in [5.41, 5.74) is 5.50. The average molecular weight is 633 g/mol. The number of thiophene rings is 1. The summed E-state index contributed by atoms with van der Waals surface area (Å²) in [6.07, 6.45) is 3.74. The van der Waals surface area contributed by atoms with E-state index in [1.165, 1.54) is 42.1 Å². The molecule has 167 valence electrons. The number of nitrogens with zero attached hydrogens (tertiary/aromatic N) is 2. The first-order chi connectivity index (χ1) is 16.2. The Morgan fingerprint density at radius 2 is 1.56 bits per heavy atom. The van der Waals surface area contributed by atoms with Crippen LogP contribution in [0.15, 0.2) is 85.2 Å². The molecule has 7 aromatic rings. The molecular weight excluding hydrogens is 613 g/mol. The van der Waals surface area contributed by atoms with Crippen LogP contribution in [0.4, 0.5) is 0 Å². The maximum Gasteiger partial charge on any atom is 0.0251 e. The van der Waals surface area contributed by atoms with E-state index in [-0.39, 0.29) is 20.1 Å². The van der Waals surface area contributed by atoms with E-state index < -0.39 is 0 Å². The third-order valence-electron chi connectivity index (χ3n) is 5.95. The minimum Gasteiger partial charge on any atom is -0.304 e. The molecule has 34 heavy (non-hydrogen) atoms. The van der Waals surface area contributed by atoms with Crippen LogP contribution >= 0.6 is 11.3 Å². The van der Waals surface area contributed by atoms with E-state index in [9.17, 15) is 0 Å². The number of rotatable bonds is 1. The second-order valence-corrected chi connectivity index (χ2v) is 9.36. The van der Waals surface area contributed by atoms with Crippen molar-refractivity contribution >= 4 is 53.2 Å². The van der Waals surface area contributed by atoms with Gasteiger partial charge in [0.25, 0.3) is 0 Å². The predicted molar refractivity (Wildman–Crippen MR) is 140 cm³/mol. The van der Waals surface area contributed by atoms with E-state index in [4.69, 9.17) is 0 Å². The number of aryl methyl sites for hydroxylation is 2. The molecule has 3 heterocycles. The molecule has 7 rings (SSSR count). The largest absolute Gasteiger partial charge is 0.304 e. The number of pyridine rings is 2. The second-order valence-electron chi connectivity index (χ2n) is 8.27. The van der Waals surface area contributed by atoms with E-state index in [1.807, 2.05) is 61.0 Å². The van der Waals surface area contributed by atoms with Gasteiger partial charge in [-0.3, -0.25) is 0 Å². The Balaban J connectivity index is 0.000000145. The van der Waals surface area contributed by atoms with Gasteiger partial charge in [-0.15, -0.1) is 59.0 Å². The predicted octanol–water partition coefficient (Wildman–Crippen LogP) is 8.16. The fourth-order valence-electron chi connectivity index (χ4n) is 4.33. The molecule has 4 aromatic carbocycles. The molecule has 0 aliphatic rings. The van der Waals surface area contributed by atoms with Crippen molar-refractivity contribution in [3.8, 4) is 11.3 Å². The molecule has 0 saturated carbocycles. The average Bonchev–Trinajstić information content (AvgIpc) is 3.25. The van der Waals surface area contributed by atoms with Crippen molar-refractivity contribution in [1.82, 2.24) is 9.97 Å². The summed E-state index contributed by atoms with van der Waals surface area (Å²) >= 11 is 1.85. The van der Waals surface area contributed by atoms with Gasteiger partial charge in [-0.1, -0.05) is 42.6 Å². The molecular formula is C30H20IrN2S-2. The van der Waals surface area contributed by atoms with Gasteiger partial charge in [0, 0.05) is 37.2 Å². The van der Waals surface area contributed by atoms with Crippen molar-refractivity contribution in [2.75, 3.05) is 0 Å². The number of hydrogen-bond acceptors (Lipinski definition) is 3. The first-order valence-corrected chi connectivity index (χ1v) is 11.7. The summed E-state index contributed by atoms with van der Waals surface area (Å²) in [5, 5.41) is 6.37. The first-order valence-electron chi connectivity index (χ1n) is 10.9. The van der Waals surface area contributed by atoms with E-state index >= 15 is 0 Å². The minimum absolute atomic E-state index is 0. The summed E-state index contributed by atoms with van der Waals surface area (Å²) in [4.78, 5) is 8.93. The molecule has 0 amide bonds. The summed E-state index contributed by atoms with van der Waals surface area (Å²) in [6.45, 7) is 4.10. The number of fused-ring (bicyclic) bond motifs is 3. The fourth-order valence-corrected chi connectivity index (χ4v) is 5.47. The Bertz CT molecular complexity index is 1590. The van der Waals surface area contributed by atoms with Crippen LogP contribution in [-0.2, 0) is 20.1 Å². The normalized spacial score (nSPS) is 11.0. The molecule has 0 spiro atoms. The van der Waals surface area contributed by atoms with Gasteiger partial charge in [0.05, 0.1) is 0 Å². The third kappa shape index (κ3) is 3.88. The quantitative estimate of drug-likeness (QED) is 0.135. The van der Waals surface area contributed by atoms with Gasteiger partial charge in [-0.2, -0.15) is 11.3 Å². The Morgan fingerprint density at radius 1 is 0.735 bits per heavy atom. The number of hydrogen-bond donors (Lipinski definition) is 0. The van der Waals surface area contributed by atoms with E-state index in [0.717, 1.165) is 22.2 Å². The molecule has 0 N–H and O–H groups in total. The van der Waals surface area contributed by atoms with E-state index in [0.29, 0.717) is 0 Å². The summed E-state index contributed by atoms with van der Waals surface area (Å²) < 4.78 is 2.68. The van der Waals surface area contributed by atoms with Gasteiger partial charge in [0.15, 0.2) is 0 Å². The van der Waals surface area contributed by atoms with Gasteiger partial charge >= 0.3 is 0 Å². The monoisotopic (exact) mass is 633 g/mol. The van der Waals surface area contributed by atoms with Crippen molar-refractivity contribution in [1.29, 1.82) is 0 Å².